The van der Waals surface area contributed by atoms with Crippen molar-refractivity contribution in [3.05, 3.63) is 154 Å². The van der Waals surface area contributed by atoms with Gasteiger partial charge >= 0.3 is 5.97 Å². The lowest BCUT2D eigenvalue weighted by molar-refractivity contribution is -0.143. The number of hydrogen-bond donors (Lipinski definition) is 0. The van der Waals surface area contributed by atoms with Crippen molar-refractivity contribution < 1.29 is 32.9 Å². The maximum atomic E-state index is 14.4. The minimum Gasteiger partial charge on any atom is -0.488 e. The molecule has 0 amide bonds. The van der Waals surface area contributed by atoms with Crippen LogP contribution in [0, 0.1) is 6.92 Å². The number of hydrogen-bond acceptors (Lipinski definition) is 8. The lowest BCUT2D eigenvalue weighted by Crippen LogP contribution is -2.14. The Morgan fingerprint density at radius 1 is 0.647 bits per heavy atom. The van der Waals surface area contributed by atoms with Crippen LogP contribution in [-0.2, 0) is 29.4 Å². The van der Waals surface area contributed by atoms with Crippen molar-refractivity contribution in [3.63, 3.8) is 0 Å². The van der Waals surface area contributed by atoms with Gasteiger partial charge in [0.1, 0.15) is 36.5 Å². The van der Waals surface area contributed by atoms with Gasteiger partial charge in [0.2, 0.25) is 11.2 Å². The summed E-state index contributed by atoms with van der Waals surface area (Å²) in [4.78, 5) is 26.4. The van der Waals surface area contributed by atoms with Gasteiger partial charge in [-0.3, -0.25) is 9.59 Å². The Hall–Kier alpha value is -6.02. The molecule has 0 aliphatic rings. The SMILES string of the molecule is CCOC(=O)CCCOc1c(-c2ccc(OCc3ccccc3)c(OCc3ccccc3)c2)oc2cc(C)cc(OCc3ccccc3)c2c1=O. The molecule has 6 aromatic rings. The Balaban J connectivity index is 1.40. The molecule has 0 aliphatic carbocycles. The predicted molar refractivity (Wildman–Crippen MR) is 196 cm³/mol. The van der Waals surface area contributed by atoms with Crippen molar-refractivity contribution in [2.45, 2.75) is 46.5 Å². The maximum absolute atomic E-state index is 14.4. The number of carbonyl (C=O) groups is 1. The summed E-state index contributed by atoms with van der Waals surface area (Å²) in [5, 5.41) is 0.268. The highest BCUT2D eigenvalue weighted by Crippen LogP contribution is 2.39. The third-order valence-corrected chi connectivity index (χ3v) is 8.06. The zero-order chi connectivity index (χ0) is 35.4. The summed E-state index contributed by atoms with van der Waals surface area (Å²) >= 11 is 0. The summed E-state index contributed by atoms with van der Waals surface area (Å²) in [7, 11) is 0. The summed E-state index contributed by atoms with van der Waals surface area (Å²) in [6.45, 7) is 4.97. The molecule has 0 saturated heterocycles. The monoisotopic (exact) mass is 684 g/mol. The maximum Gasteiger partial charge on any atom is 0.305 e. The second-order valence-corrected chi connectivity index (χ2v) is 12.0. The second-order valence-electron chi connectivity index (χ2n) is 12.0. The van der Waals surface area contributed by atoms with Crippen LogP contribution < -0.4 is 24.4 Å². The Morgan fingerprint density at radius 3 is 1.80 bits per heavy atom. The Labute approximate surface area is 297 Å². The third-order valence-electron chi connectivity index (χ3n) is 8.06. The van der Waals surface area contributed by atoms with Crippen molar-refractivity contribution in [2.75, 3.05) is 13.2 Å². The van der Waals surface area contributed by atoms with Gasteiger partial charge in [0.05, 0.1) is 13.2 Å². The number of rotatable bonds is 16. The summed E-state index contributed by atoms with van der Waals surface area (Å²) < 4.78 is 36.6. The van der Waals surface area contributed by atoms with E-state index >= 15 is 0 Å². The van der Waals surface area contributed by atoms with Crippen LogP contribution in [0.4, 0.5) is 0 Å². The molecule has 0 spiro atoms. The molecule has 0 N–H and O–H groups in total. The van der Waals surface area contributed by atoms with E-state index < -0.39 is 0 Å². The number of fused-ring (bicyclic) bond motifs is 1. The fraction of sp³-hybridized carbons (Fsp3) is 0.209. The molecule has 0 bridgehead atoms. The van der Waals surface area contributed by atoms with Gasteiger partial charge in [-0.05, 0) is 72.9 Å². The second kappa shape index (κ2) is 17.1. The first-order valence-electron chi connectivity index (χ1n) is 17.0. The fourth-order valence-corrected chi connectivity index (χ4v) is 5.54. The number of ether oxygens (including phenoxy) is 5. The van der Waals surface area contributed by atoms with Crippen LogP contribution in [0.3, 0.4) is 0 Å². The molecule has 8 heteroatoms. The first-order chi connectivity index (χ1) is 25.0. The van der Waals surface area contributed by atoms with Crippen molar-refractivity contribution in [3.8, 4) is 34.3 Å². The molecule has 0 fully saturated rings. The molecule has 1 aromatic heterocycles. The molecule has 0 atom stereocenters. The number of aryl methyl sites for hydroxylation is 1. The van der Waals surface area contributed by atoms with Gasteiger partial charge in [-0.25, -0.2) is 0 Å². The predicted octanol–water partition coefficient (Wildman–Crippen LogP) is 9.23. The summed E-state index contributed by atoms with van der Waals surface area (Å²) in [5.41, 5.74) is 4.33. The van der Waals surface area contributed by atoms with Gasteiger partial charge in [0.15, 0.2) is 17.3 Å². The smallest absolute Gasteiger partial charge is 0.305 e. The van der Waals surface area contributed by atoms with Crippen LogP contribution in [0.25, 0.3) is 22.3 Å². The molecule has 1 heterocycles. The molecule has 260 valence electrons. The first-order valence-corrected chi connectivity index (χ1v) is 17.0. The highest BCUT2D eigenvalue weighted by Gasteiger charge is 2.23. The van der Waals surface area contributed by atoms with Crippen LogP contribution in [0.5, 0.6) is 23.0 Å². The lowest BCUT2D eigenvalue weighted by Gasteiger charge is -2.17. The first kappa shape index (κ1) is 34.8. The zero-order valence-electron chi connectivity index (χ0n) is 28.8. The minimum atomic E-state index is -0.387. The largest absolute Gasteiger partial charge is 0.488 e. The molecule has 0 saturated carbocycles. The fourth-order valence-electron chi connectivity index (χ4n) is 5.54. The van der Waals surface area contributed by atoms with Gasteiger partial charge in [0.25, 0.3) is 0 Å². The van der Waals surface area contributed by atoms with Gasteiger partial charge in [-0.2, -0.15) is 0 Å². The van der Waals surface area contributed by atoms with Gasteiger partial charge in [-0.1, -0.05) is 91.0 Å². The molecule has 51 heavy (non-hydrogen) atoms. The van der Waals surface area contributed by atoms with Crippen LogP contribution in [0.15, 0.2) is 131 Å². The van der Waals surface area contributed by atoms with Gasteiger partial charge < -0.3 is 28.1 Å². The molecule has 6 rings (SSSR count). The average molecular weight is 685 g/mol. The number of esters is 1. The Kier molecular flexibility index (Phi) is 11.7. The molecule has 0 radical (unpaired) electrons. The van der Waals surface area contributed by atoms with Crippen molar-refractivity contribution >= 4 is 16.9 Å². The number of benzene rings is 5. The van der Waals surface area contributed by atoms with Gasteiger partial charge in [-0.15, -0.1) is 0 Å². The van der Waals surface area contributed by atoms with E-state index in [0.717, 1.165) is 22.3 Å². The normalized spacial score (nSPS) is 10.9. The summed E-state index contributed by atoms with van der Waals surface area (Å²) in [6, 6.07) is 38.5. The van der Waals surface area contributed by atoms with E-state index in [0.29, 0.717) is 54.6 Å². The Bertz CT molecular complexity index is 2110. The van der Waals surface area contributed by atoms with E-state index in [9.17, 15) is 9.59 Å². The van der Waals surface area contributed by atoms with E-state index in [2.05, 4.69) is 0 Å². The summed E-state index contributed by atoms with van der Waals surface area (Å²) in [6.07, 6.45) is 0.496. The summed E-state index contributed by atoms with van der Waals surface area (Å²) in [5.74, 6) is 1.30. The Morgan fingerprint density at radius 2 is 1.22 bits per heavy atom. The van der Waals surface area contributed by atoms with Gasteiger partial charge in [0, 0.05) is 12.0 Å². The van der Waals surface area contributed by atoms with E-state index in [1.54, 1.807) is 19.1 Å². The van der Waals surface area contributed by atoms with Crippen molar-refractivity contribution in [1.82, 2.24) is 0 Å². The van der Waals surface area contributed by atoms with E-state index in [-0.39, 0.29) is 47.9 Å². The van der Waals surface area contributed by atoms with E-state index in [1.165, 1.54) is 0 Å². The molecule has 0 aliphatic heterocycles. The van der Waals surface area contributed by atoms with Crippen molar-refractivity contribution in [1.29, 1.82) is 0 Å². The molecular weight excluding hydrogens is 644 g/mol. The number of carbonyl (C=O) groups excluding carboxylic acids is 1. The molecular formula is C43H40O8. The van der Waals surface area contributed by atoms with Crippen LogP contribution in [0.1, 0.15) is 42.0 Å². The van der Waals surface area contributed by atoms with Crippen LogP contribution in [-0.4, -0.2) is 19.2 Å². The highest BCUT2D eigenvalue weighted by atomic mass is 16.5. The quantitative estimate of drug-likeness (QED) is 0.0736. The highest BCUT2D eigenvalue weighted by molar-refractivity contribution is 5.88. The van der Waals surface area contributed by atoms with E-state index in [1.807, 2.05) is 116 Å². The molecule has 0 unspecified atom stereocenters. The molecule has 8 nitrogen and oxygen atoms in total. The van der Waals surface area contributed by atoms with Crippen LogP contribution >= 0.6 is 0 Å². The zero-order valence-corrected chi connectivity index (χ0v) is 28.8. The lowest BCUT2D eigenvalue weighted by atomic mass is 10.1. The average Bonchev–Trinajstić information content (AvgIpc) is 3.15. The third kappa shape index (κ3) is 9.16. The topological polar surface area (TPSA) is 93.4 Å². The van der Waals surface area contributed by atoms with Crippen LogP contribution in [0.2, 0.25) is 0 Å². The minimum absolute atomic E-state index is 0.00624. The molecule has 5 aromatic carbocycles. The van der Waals surface area contributed by atoms with E-state index in [4.69, 9.17) is 28.1 Å². The van der Waals surface area contributed by atoms with Crippen molar-refractivity contribution in [2.24, 2.45) is 0 Å². The standard InChI is InChI=1S/C43H40O8/c1-3-46-39(44)20-13-23-47-43-41(45)40-37(50-29-33-18-11-6-12-19-33)24-30(2)25-38(40)51-42(43)34-21-22-35(48-27-31-14-7-4-8-15-31)36(26-34)49-28-32-16-9-5-10-17-32/h4-12,14-19,21-22,24-26H,3,13,20,23,27-29H2,1-2H3.